The lowest BCUT2D eigenvalue weighted by molar-refractivity contribution is -0.384. The van der Waals surface area contributed by atoms with E-state index in [9.17, 15) is 40.2 Å². The van der Waals surface area contributed by atoms with Gasteiger partial charge >= 0.3 is 11.9 Å². The molecule has 5 heterocycles. The third kappa shape index (κ3) is 8.29. The van der Waals surface area contributed by atoms with E-state index in [1.807, 2.05) is 13.8 Å². The van der Waals surface area contributed by atoms with E-state index in [1.54, 1.807) is 6.92 Å². The molecule has 6 N–H and O–H groups in total. The van der Waals surface area contributed by atoms with Crippen molar-refractivity contribution in [3.63, 3.8) is 0 Å². The molecule has 4 saturated carbocycles. The summed E-state index contributed by atoms with van der Waals surface area (Å²) in [7, 11) is 0. The third-order valence-electron chi connectivity index (χ3n) is 19.3. The predicted molar refractivity (Wildman–Crippen MR) is 241 cm³/mol. The molecule has 69 heavy (non-hydrogen) atoms. The normalized spacial score (nSPS) is 54.3. The summed E-state index contributed by atoms with van der Waals surface area (Å²) in [4.78, 5) is 24.9. The van der Waals surface area contributed by atoms with E-state index in [-0.39, 0.29) is 58.2 Å². The molecule has 25 atom stereocenters. The van der Waals surface area contributed by atoms with E-state index >= 15 is 0 Å². The molecule has 5 saturated heterocycles. The van der Waals surface area contributed by atoms with Crippen LogP contribution in [0, 0.1) is 45.3 Å². The highest BCUT2D eigenvalue weighted by Crippen LogP contribution is 2.80. The van der Waals surface area contributed by atoms with Crippen LogP contribution in [0.1, 0.15) is 128 Å². The van der Waals surface area contributed by atoms with Crippen LogP contribution in [0.4, 0.5) is 0 Å². The van der Waals surface area contributed by atoms with Crippen LogP contribution >= 0.6 is 0 Å². The molecule has 0 radical (unpaired) electrons. The summed E-state index contributed by atoms with van der Waals surface area (Å²) in [5, 5.41) is 64.8. The van der Waals surface area contributed by atoms with Crippen LogP contribution < -0.4 is 0 Å². The van der Waals surface area contributed by atoms with Gasteiger partial charge in [0.15, 0.2) is 36.9 Å². The Hall–Kier alpha value is -1.88. The molecule has 0 unspecified atom stereocenters. The zero-order chi connectivity index (χ0) is 50.1. The van der Waals surface area contributed by atoms with Crippen molar-refractivity contribution in [2.24, 2.45) is 45.3 Å². The van der Waals surface area contributed by atoms with Crippen molar-refractivity contribution in [1.82, 2.24) is 0 Å². The lowest BCUT2D eigenvalue weighted by Crippen LogP contribution is -2.69. The average Bonchev–Trinajstić information content (AvgIpc) is 3.78. The van der Waals surface area contributed by atoms with Gasteiger partial charge in [-0.05, 0) is 107 Å². The zero-order valence-corrected chi connectivity index (χ0v) is 42.3. The minimum atomic E-state index is -1.57. The van der Waals surface area contributed by atoms with Crippen LogP contribution in [-0.4, -0.2) is 165 Å². The van der Waals surface area contributed by atoms with Crippen molar-refractivity contribution in [2.75, 3.05) is 13.2 Å². The SMILES string of the molecule is CC(=O)O[C@@H]1[C@@H](O[C@@]2(C)C[C@@H](C=C(C)C)O[C@]34C[C@]5(CO3)[C@@H](CC[C@@H]3[C@@]6(C)CC[C@H](O[C@H]7OC[C@H](O[C@H]8O[C@@H](C)[C@H](O)[C@@H](O)[C@@H]8O)[C@@H](O)[C@@H]7O)C(C)(C)[C@H]6CC[C@@]35C)[C@@H]42)O[C@@H](C)[C@H](O)[C@H]1OC(C)=O. The van der Waals surface area contributed by atoms with Crippen molar-refractivity contribution in [3.05, 3.63) is 11.6 Å². The number of rotatable bonds is 9. The highest BCUT2D eigenvalue weighted by molar-refractivity contribution is 5.67. The van der Waals surface area contributed by atoms with Crippen molar-refractivity contribution in [3.8, 4) is 0 Å². The van der Waals surface area contributed by atoms with Gasteiger partial charge in [0.05, 0.1) is 43.2 Å². The Morgan fingerprint density at radius 3 is 2.01 bits per heavy atom. The molecule has 0 aromatic heterocycles. The molecule has 5 aliphatic heterocycles. The number of hydrogen-bond acceptors (Lipinski definition) is 18. The van der Waals surface area contributed by atoms with Gasteiger partial charge < -0.3 is 78.0 Å². The Morgan fingerprint density at radius 1 is 0.681 bits per heavy atom. The first kappa shape index (κ1) is 52.0. The Labute approximate surface area is 405 Å². The molecule has 9 rings (SSSR count). The number of aliphatic hydroxyl groups excluding tert-OH is 6. The van der Waals surface area contributed by atoms with E-state index in [4.69, 9.17) is 47.4 Å². The van der Waals surface area contributed by atoms with Crippen LogP contribution in [0.25, 0.3) is 0 Å². The molecule has 2 spiro atoms. The summed E-state index contributed by atoms with van der Waals surface area (Å²) in [6.07, 6.45) is -9.40. The Bertz CT molecular complexity index is 1960. The molecule has 0 aromatic rings. The van der Waals surface area contributed by atoms with Crippen LogP contribution in [0.15, 0.2) is 11.6 Å². The number of allylic oxidation sites excluding steroid dienone is 1. The zero-order valence-electron chi connectivity index (χ0n) is 42.3. The van der Waals surface area contributed by atoms with Gasteiger partial charge in [0, 0.05) is 38.0 Å². The van der Waals surface area contributed by atoms with E-state index in [2.05, 4.69) is 40.7 Å². The minimum absolute atomic E-state index is 0.0820. The number of carbonyl (C=O) groups is 2. The molecule has 18 heteroatoms. The van der Waals surface area contributed by atoms with E-state index < -0.39 is 109 Å². The fourth-order valence-electron chi connectivity index (χ4n) is 16.4. The van der Waals surface area contributed by atoms with Gasteiger partial charge in [-0.15, -0.1) is 0 Å². The number of hydrogen-bond donors (Lipinski definition) is 6. The van der Waals surface area contributed by atoms with Crippen molar-refractivity contribution in [2.45, 2.75) is 237 Å². The van der Waals surface area contributed by atoms with Crippen LogP contribution in [0.2, 0.25) is 0 Å². The van der Waals surface area contributed by atoms with Crippen LogP contribution in [0.3, 0.4) is 0 Å². The molecule has 2 bridgehead atoms. The van der Waals surface area contributed by atoms with Gasteiger partial charge in [-0.1, -0.05) is 39.3 Å². The van der Waals surface area contributed by atoms with E-state index in [1.165, 1.54) is 20.8 Å². The summed E-state index contributed by atoms with van der Waals surface area (Å²) >= 11 is 0. The first-order chi connectivity index (χ1) is 32.2. The van der Waals surface area contributed by atoms with Gasteiger partial charge in [-0.25, -0.2) is 0 Å². The number of ether oxygens (including phenoxy) is 10. The Kier molecular flexibility index (Phi) is 13.7. The van der Waals surface area contributed by atoms with Crippen LogP contribution in [-0.2, 0) is 57.0 Å². The second-order valence-electron chi connectivity index (χ2n) is 24.1. The largest absolute Gasteiger partial charge is 0.455 e. The smallest absolute Gasteiger partial charge is 0.303 e. The maximum atomic E-state index is 12.6. The Balaban J connectivity index is 0.945. The number of esters is 2. The fourth-order valence-corrected chi connectivity index (χ4v) is 16.4. The molecule has 0 aromatic carbocycles. The van der Waals surface area contributed by atoms with Gasteiger partial charge in [0.2, 0.25) is 0 Å². The van der Waals surface area contributed by atoms with Gasteiger partial charge in [-0.2, -0.15) is 0 Å². The van der Waals surface area contributed by atoms with Crippen molar-refractivity contribution >= 4 is 11.9 Å². The van der Waals surface area contributed by atoms with E-state index in [0.29, 0.717) is 31.8 Å². The molecule has 9 fully saturated rings. The molecule has 4 aliphatic carbocycles. The lowest BCUT2D eigenvalue weighted by Gasteiger charge is -2.70. The summed E-state index contributed by atoms with van der Waals surface area (Å²) in [6.45, 7) is 21.8. The van der Waals surface area contributed by atoms with Crippen molar-refractivity contribution in [1.29, 1.82) is 0 Å². The number of aliphatic hydroxyl groups is 6. The first-order valence-corrected chi connectivity index (χ1v) is 25.5. The van der Waals surface area contributed by atoms with E-state index in [0.717, 1.165) is 37.7 Å². The molecule has 0 amide bonds. The highest BCUT2D eigenvalue weighted by atomic mass is 16.8. The molecule has 392 valence electrons. The topological polar surface area (TPSA) is 248 Å². The van der Waals surface area contributed by atoms with Gasteiger partial charge in [-0.3, -0.25) is 9.59 Å². The molecule has 9 aliphatic rings. The summed E-state index contributed by atoms with van der Waals surface area (Å²) in [5.74, 6) is -1.72. The average molecular weight is 981 g/mol. The molecule has 18 nitrogen and oxygen atoms in total. The second-order valence-corrected chi connectivity index (χ2v) is 24.1. The van der Waals surface area contributed by atoms with Gasteiger partial charge in [0.25, 0.3) is 0 Å². The maximum absolute atomic E-state index is 12.6. The Morgan fingerprint density at radius 2 is 1.33 bits per heavy atom. The number of carbonyl (C=O) groups excluding carboxylic acids is 2. The van der Waals surface area contributed by atoms with Crippen molar-refractivity contribution < 1.29 is 87.6 Å². The first-order valence-electron chi connectivity index (χ1n) is 25.5. The molecular formula is C51H80O18. The molecular weight excluding hydrogens is 901 g/mol. The summed E-state index contributed by atoms with van der Waals surface area (Å²) in [5.41, 5.74) is -0.688. The number of fused-ring (bicyclic) bond motifs is 4. The fraction of sp³-hybridized carbons (Fsp3) is 0.922. The predicted octanol–water partition coefficient (Wildman–Crippen LogP) is 3.16. The quantitative estimate of drug-likeness (QED) is 0.110. The maximum Gasteiger partial charge on any atom is 0.303 e. The highest BCUT2D eigenvalue weighted by Gasteiger charge is 2.81. The van der Waals surface area contributed by atoms with Gasteiger partial charge in [0.1, 0.15) is 42.7 Å². The summed E-state index contributed by atoms with van der Waals surface area (Å²) < 4.78 is 63.5. The summed E-state index contributed by atoms with van der Waals surface area (Å²) in [6, 6.07) is 0. The second kappa shape index (κ2) is 18.2. The standard InChI is InChI=1S/C51H80O18/c1-23(2)18-28-19-49(11,69-45-41(65-27(6)53)40(64-26(5)52)35(55)25(4)63-45)42-29-12-13-32-47(9)16-15-33(46(7,8)31(47)14-17-48(32,10)50(29)21-51(42,68-28)61-22-50)67-43-38(58)36(56)30(20-60-43)66-44-39(59)37(57)34(54)24(3)62-44/h18,24-25,28-45,54-59H,12-17,19-22H2,1-11H3/t24-,25-,28+,29-,30-,31+,32+,33-,34-,35-,36+,37+,38-,39-,40+,41-,42+,43+,44+,45+,47-,48-,49-,50-,51-/m0/s1. The lowest BCUT2D eigenvalue weighted by atomic mass is 9.35. The third-order valence-corrected chi connectivity index (χ3v) is 19.3. The monoisotopic (exact) mass is 981 g/mol. The van der Waals surface area contributed by atoms with Crippen LogP contribution in [0.5, 0.6) is 0 Å². The minimum Gasteiger partial charge on any atom is -0.455 e.